The largest absolute Gasteiger partial charge is 0.409 e. The molecule has 3 aromatic rings. The van der Waals surface area contributed by atoms with E-state index in [1.807, 2.05) is 54.6 Å². The summed E-state index contributed by atoms with van der Waals surface area (Å²) in [7, 11) is 1.63. The molecule has 5 heteroatoms. The lowest BCUT2D eigenvalue weighted by Crippen LogP contribution is -2.32. The third kappa shape index (κ3) is 2.18. The van der Waals surface area contributed by atoms with Gasteiger partial charge in [0.2, 0.25) is 0 Å². The zero-order valence-corrected chi connectivity index (χ0v) is 11.4. The SMILES string of the molecule is Cn1c(=O)/c(=N/O)nc(-c2ccccc2)c2ccccc21. The zero-order valence-electron chi connectivity index (χ0n) is 11.4. The molecule has 0 unspecified atom stereocenters. The van der Waals surface area contributed by atoms with Crippen molar-refractivity contribution in [3.63, 3.8) is 0 Å². The predicted octanol–water partition coefficient (Wildman–Crippen LogP) is 1.89. The summed E-state index contributed by atoms with van der Waals surface area (Å²) < 4.78 is 1.43. The van der Waals surface area contributed by atoms with Crippen LogP contribution in [0.15, 0.2) is 64.5 Å². The lowest BCUT2D eigenvalue weighted by atomic mass is 10.1. The summed E-state index contributed by atoms with van der Waals surface area (Å²) in [5.41, 5.74) is 1.51. The Morgan fingerprint density at radius 1 is 1.05 bits per heavy atom. The molecule has 0 amide bonds. The van der Waals surface area contributed by atoms with E-state index in [4.69, 9.17) is 5.21 Å². The molecule has 0 aliphatic carbocycles. The van der Waals surface area contributed by atoms with Gasteiger partial charge in [0.05, 0.1) is 11.2 Å². The molecule has 3 rings (SSSR count). The van der Waals surface area contributed by atoms with Gasteiger partial charge in [-0.25, -0.2) is 4.98 Å². The summed E-state index contributed by atoms with van der Waals surface area (Å²) in [5.74, 6) is 0. The molecule has 5 nitrogen and oxygen atoms in total. The minimum Gasteiger partial charge on any atom is -0.409 e. The summed E-state index contributed by atoms with van der Waals surface area (Å²) in [6.07, 6.45) is 0. The fraction of sp³-hybridized carbons (Fsp3) is 0.0625. The van der Waals surface area contributed by atoms with Crippen LogP contribution in [0.3, 0.4) is 0 Å². The van der Waals surface area contributed by atoms with Crippen molar-refractivity contribution >= 4 is 10.9 Å². The summed E-state index contributed by atoms with van der Waals surface area (Å²) >= 11 is 0. The minimum atomic E-state index is -0.448. The number of benzene rings is 2. The van der Waals surface area contributed by atoms with Crippen LogP contribution in [0.1, 0.15) is 0 Å². The van der Waals surface area contributed by atoms with Crippen LogP contribution in [0.5, 0.6) is 0 Å². The monoisotopic (exact) mass is 279 g/mol. The molecule has 1 heterocycles. The summed E-state index contributed by atoms with van der Waals surface area (Å²) in [6.45, 7) is 0. The van der Waals surface area contributed by atoms with Gasteiger partial charge in [0.1, 0.15) is 0 Å². The normalized spacial score (nSPS) is 11.8. The van der Waals surface area contributed by atoms with E-state index in [-0.39, 0.29) is 5.49 Å². The molecule has 104 valence electrons. The highest BCUT2D eigenvalue weighted by molar-refractivity contribution is 5.91. The Morgan fingerprint density at radius 3 is 2.43 bits per heavy atom. The van der Waals surface area contributed by atoms with E-state index in [1.165, 1.54) is 4.57 Å². The predicted molar refractivity (Wildman–Crippen MR) is 79.8 cm³/mol. The number of nitrogens with zero attached hydrogens (tertiary/aromatic N) is 3. The van der Waals surface area contributed by atoms with E-state index in [9.17, 15) is 4.79 Å². The van der Waals surface area contributed by atoms with E-state index < -0.39 is 5.56 Å². The van der Waals surface area contributed by atoms with Crippen LogP contribution in [0.4, 0.5) is 0 Å². The van der Waals surface area contributed by atoms with Gasteiger partial charge in [-0.05, 0) is 6.07 Å². The van der Waals surface area contributed by atoms with Crippen molar-refractivity contribution in [3.8, 4) is 11.3 Å². The second-order valence-corrected chi connectivity index (χ2v) is 4.63. The second-order valence-electron chi connectivity index (χ2n) is 4.63. The Kier molecular flexibility index (Phi) is 3.23. The van der Waals surface area contributed by atoms with E-state index in [0.29, 0.717) is 5.69 Å². The third-order valence-electron chi connectivity index (χ3n) is 3.38. The number of aromatic nitrogens is 2. The molecule has 2 aromatic carbocycles. The van der Waals surface area contributed by atoms with Crippen LogP contribution in [0.2, 0.25) is 0 Å². The van der Waals surface area contributed by atoms with Gasteiger partial charge < -0.3 is 9.77 Å². The second kappa shape index (κ2) is 5.20. The molecule has 1 N–H and O–H groups in total. The molecule has 0 saturated carbocycles. The van der Waals surface area contributed by atoms with Crippen molar-refractivity contribution in [2.45, 2.75) is 0 Å². The number of rotatable bonds is 1. The lowest BCUT2D eigenvalue weighted by molar-refractivity contribution is 0.297. The highest BCUT2D eigenvalue weighted by atomic mass is 16.4. The molecule has 0 bridgehead atoms. The van der Waals surface area contributed by atoms with Gasteiger partial charge in [-0.1, -0.05) is 53.7 Å². The maximum absolute atomic E-state index is 12.2. The van der Waals surface area contributed by atoms with Crippen molar-refractivity contribution in [2.24, 2.45) is 12.2 Å². The molecule has 0 atom stereocenters. The molecule has 0 spiro atoms. The maximum atomic E-state index is 12.2. The van der Waals surface area contributed by atoms with Gasteiger partial charge in [0.25, 0.3) is 11.0 Å². The van der Waals surface area contributed by atoms with Gasteiger partial charge in [-0.2, -0.15) is 0 Å². The Hall–Kier alpha value is -2.95. The minimum absolute atomic E-state index is 0.229. The fourth-order valence-corrected chi connectivity index (χ4v) is 2.32. The highest BCUT2D eigenvalue weighted by Crippen LogP contribution is 2.23. The van der Waals surface area contributed by atoms with Crippen LogP contribution < -0.4 is 11.0 Å². The van der Waals surface area contributed by atoms with Gasteiger partial charge in [0.15, 0.2) is 0 Å². The van der Waals surface area contributed by atoms with E-state index >= 15 is 0 Å². The van der Waals surface area contributed by atoms with E-state index in [2.05, 4.69) is 10.1 Å². The average Bonchev–Trinajstić information content (AvgIpc) is 2.65. The first-order chi connectivity index (χ1) is 10.2. The Balaban J connectivity index is 2.60. The first-order valence-electron chi connectivity index (χ1n) is 6.46. The zero-order chi connectivity index (χ0) is 14.8. The fourth-order valence-electron chi connectivity index (χ4n) is 2.32. The smallest absolute Gasteiger partial charge is 0.299 e. The molecule has 0 radical (unpaired) electrons. The van der Waals surface area contributed by atoms with Gasteiger partial charge in [-0.15, -0.1) is 0 Å². The maximum Gasteiger partial charge on any atom is 0.299 e. The standard InChI is InChI=1S/C16H13N3O2/c1-19-13-10-6-5-9-12(13)14(11-7-3-2-4-8-11)17-15(18-21)16(19)20/h2-10,21H,1H3/b18-15-. The number of hydrogen-bond acceptors (Lipinski definition) is 4. The Labute approximate surface area is 120 Å². The molecule has 0 fully saturated rings. The van der Waals surface area contributed by atoms with Crippen molar-refractivity contribution in [1.82, 2.24) is 9.55 Å². The number of aryl methyl sites for hydroxylation is 1. The van der Waals surface area contributed by atoms with Crippen molar-refractivity contribution in [2.75, 3.05) is 0 Å². The third-order valence-corrected chi connectivity index (χ3v) is 3.38. The van der Waals surface area contributed by atoms with Crippen LogP contribution in [-0.2, 0) is 7.05 Å². The first-order valence-corrected chi connectivity index (χ1v) is 6.46. The molecule has 1 aromatic heterocycles. The topological polar surface area (TPSA) is 67.5 Å². The molecule has 0 aliphatic heterocycles. The molecular weight excluding hydrogens is 266 g/mol. The van der Waals surface area contributed by atoms with Gasteiger partial charge >= 0.3 is 0 Å². The molecule has 21 heavy (non-hydrogen) atoms. The quantitative estimate of drug-likeness (QED) is 0.546. The number of fused-ring (bicyclic) bond motifs is 1. The molecule has 0 aliphatic rings. The van der Waals surface area contributed by atoms with Gasteiger partial charge in [0, 0.05) is 18.0 Å². The highest BCUT2D eigenvalue weighted by Gasteiger charge is 2.09. The average molecular weight is 279 g/mol. The number of para-hydroxylation sites is 1. The Morgan fingerprint density at radius 2 is 1.71 bits per heavy atom. The van der Waals surface area contributed by atoms with Crippen LogP contribution in [0.25, 0.3) is 22.2 Å². The van der Waals surface area contributed by atoms with E-state index in [0.717, 1.165) is 16.5 Å². The summed E-state index contributed by atoms with van der Waals surface area (Å²) in [4.78, 5) is 16.5. The van der Waals surface area contributed by atoms with Crippen LogP contribution >= 0.6 is 0 Å². The van der Waals surface area contributed by atoms with Crippen molar-refractivity contribution < 1.29 is 5.21 Å². The molecule has 0 saturated heterocycles. The summed E-state index contributed by atoms with van der Waals surface area (Å²) in [6, 6.07) is 17.0. The van der Waals surface area contributed by atoms with Crippen LogP contribution in [0, 0.1) is 0 Å². The van der Waals surface area contributed by atoms with Crippen molar-refractivity contribution in [1.29, 1.82) is 0 Å². The first kappa shape index (κ1) is 13.1. The summed E-state index contributed by atoms with van der Waals surface area (Å²) in [5, 5.41) is 12.9. The number of hydrogen-bond donors (Lipinski definition) is 1. The van der Waals surface area contributed by atoms with E-state index in [1.54, 1.807) is 7.05 Å². The van der Waals surface area contributed by atoms with Gasteiger partial charge in [-0.3, -0.25) is 4.79 Å². The van der Waals surface area contributed by atoms with Crippen molar-refractivity contribution in [3.05, 3.63) is 70.4 Å². The van der Waals surface area contributed by atoms with Crippen LogP contribution in [-0.4, -0.2) is 14.8 Å². The molecular formula is C16H13N3O2. The lowest BCUT2D eigenvalue weighted by Gasteiger charge is -2.02. The Bertz CT molecular complexity index is 931.